The van der Waals surface area contributed by atoms with Crippen LogP contribution >= 0.6 is 0 Å². The molecule has 2 rings (SSSR count). The average molecular weight is 354 g/mol. The van der Waals surface area contributed by atoms with E-state index >= 15 is 0 Å². The summed E-state index contributed by atoms with van der Waals surface area (Å²) < 4.78 is 5.80. The van der Waals surface area contributed by atoms with Gasteiger partial charge in [0, 0.05) is 0 Å². The summed E-state index contributed by atoms with van der Waals surface area (Å²) in [5.74, 6) is 0. The maximum absolute atomic E-state index is 5.80. The van der Waals surface area contributed by atoms with Crippen LogP contribution in [0, 0.1) is 0 Å². The van der Waals surface area contributed by atoms with E-state index in [4.69, 9.17) is 4.76 Å². The van der Waals surface area contributed by atoms with Crippen LogP contribution < -0.4 is 15.4 Å². The van der Waals surface area contributed by atoms with Crippen molar-refractivity contribution in [1.82, 2.24) is 0 Å². The zero-order chi connectivity index (χ0) is 18.0. The summed E-state index contributed by atoms with van der Waals surface area (Å²) >= 11 is 0. The molecule has 0 fully saturated rings. The van der Waals surface area contributed by atoms with E-state index in [0.717, 1.165) is 11.4 Å². The molecule has 0 saturated carbocycles. The second-order valence-corrected chi connectivity index (χ2v) is 18.4. The van der Waals surface area contributed by atoms with Crippen molar-refractivity contribution in [3.8, 4) is 0 Å². The van der Waals surface area contributed by atoms with Gasteiger partial charge in [0.2, 0.25) is 0 Å². The van der Waals surface area contributed by atoms with Crippen molar-refractivity contribution >= 4 is 45.4 Å². The highest BCUT2D eigenvalue weighted by Gasteiger charge is 2.19. The van der Waals surface area contributed by atoms with Crippen LogP contribution in [-0.2, 0) is 4.76 Å². The van der Waals surface area contributed by atoms with Gasteiger partial charge >= 0.3 is 7.48 Å². The Hall–Kier alpha value is -1.30. The number of anilines is 2. The second-order valence-electron chi connectivity index (χ2n) is 8.23. The standard InChI is InChI=1S/C19H29BNOSi2/c1-20-22-21(16-8-12-18(13-9-16)23(2,3)4)17-10-14-19(15-11-17)24(5,6)7/h8-15H,1-7H3. The lowest BCUT2D eigenvalue weighted by molar-refractivity contribution is 0.346. The van der Waals surface area contributed by atoms with Crippen molar-refractivity contribution in [3.63, 3.8) is 0 Å². The summed E-state index contributed by atoms with van der Waals surface area (Å²) in [6, 6.07) is 17.6. The van der Waals surface area contributed by atoms with Crippen LogP contribution in [0.15, 0.2) is 48.5 Å². The van der Waals surface area contributed by atoms with Gasteiger partial charge in [-0.1, -0.05) is 80.7 Å². The molecule has 0 aliphatic carbocycles. The molecule has 0 aromatic heterocycles. The summed E-state index contributed by atoms with van der Waals surface area (Å²) in [5, 5.41) is 4.81. The molecule has 24 heavy (non-hydrogen) atoms. The molecule has 2 aromatic carbocycles. The third kappa shape index (κ3) is 4.62. The largest absolute Gasteiger partial charge is 0.340 e. The van der Waals surface area contributed by atoms with E-state index in [0.29, 0.717) is 0 Å². The molecule has 0 unspecified atom stereocenters. The fourth-order valence-corrected chi connectivity index (χ4v) is 4.90. The van der Waals surface area contributed by atoms with E-state index < -0.39 is 16.1 Å². The highest BCUT2D eigenvalue weighted by molar-refractivity contribution is 6.89. The van der Waals surface area contributed by atoms with Gasteiger partial charge in [-0.05, 0) is 24.3 Å². The zero-order valence-corrected chi connectivity index (χ0v) is 18.1. The molecule has 5 heteroatoms. The van der Waals surface area contributed by atoms with E-state index in [-0.39, 0.29) is 0 Å². The minimum absolute atomic E-state index is 1.05. The third-order valence-corrected chi connectivity index (χ3v) is 8.28. The molecule has 0 heterocycles. The monoisotopic (exact) mass is 354 g/mol. The molecule has 127 valence electrons. The highest BCUT2D eigenvalue weighted by atomic mass is 28.3. The molecule has 0 bridgehead atoms. The summed E-state index contributed by atoms with van der Waals surface area (Å²) in [4.78, 5) is 0. The molecule has 0 amide bonds. The van der Waals surface area contributed by atoms with Crippen molar-refractivity contribution in [1.29, 1.82) is 0 Å². The Morgan fingerprint density at radius 2 is 1.00 bits per heavy atom. The van der Waals surface area contributed by atoms with Crippen molar-refractivity contribution in [2.24, 2.45) is 0 Å². The van der Waals surface area contributed by atoms with E-state index in [9.17, 15) is 0 Å². The van der Waals surface area contributed by atoms with Crippen LogP contribution in [0.25, 0.3) is 0 Å². The maximum Gasteiger partial charge on any atom is 0.331 e. The third-order valence-electron chi connectivity index (χ3n) is 4.15. The lowest BCUT2D eigenvalue weighted by atomic mass is 10.1. The summed E-state index contributed by atoms with van der Waals surface area (Å²) in [5.41, 5.74) is 2.10. The maximum atomic E-state index is 5.80. The zero-order valence-electron chi connectivity index (χ0n) is 16.1. The van der Waals surface area contributed by atoms with Crippen LogP contribution in [0.4, 0.5) is 11.4 Å². The van der Waals surface area contributed by atoms with Gasteiger partial charge < -0.3 is 4.76 Å². The van der Waals surface area contributed by atoms with E-state index in [1.165, 1.54) is 10.4 Å². The van der Waals surface area contributed by atoms with E-state index in [1.54, 1.807) is 7.48 Å². The Kier molecular flexibility index (Phi) is 5.78. The number of rotatable bonds is 6. The quantitative estimate of drug-likeness (QED) is 0.559. The van der Waals surface area contributed by atoms with Gasteiger partial charge in [0.15, 0.2) is 0 Å². The lowest BCUT2D eigenvalue weighted by Crippen LogP contribution is -2.37. The van der Waals surface area contributed by atoms with Gasteiger partial charge in [0.05, 0.1) is 27.5 Å². The van der Waals surface area contributed by atoms with Gasteiger partial charge in [-0.15, -0.1) is 0 Å². The number of hydrogen-bond acceptors (Lipinski definition) is 2. The second kappa shape index (κ2) is 7.29. The number of benzene rings is 2. The smallest absolute Gasteiger partial charge is 0.331 e. The molecule has 0 aliphatic rings. The van der Waals surface area contributed by atoms with Crippen LogP contribution in [0.1, 0.15) is 0 Å². The normalized spacial score (nSPS) is 12.1. The van der Waals surface area contributed by atoms with Gasteiger partial charge in [-0.2, -0.15) is 0 Å². The van der Waals surface area contributed by atoms with Gasteiger partial charge in [0.25, 0.3) is 0 Å². The first kappa shape index (κ1) is 19.0. The molecule has 1 radical (unpaired) electrons. The Morgan fingerprint density at radius 3 is 1.25 bits per heavy atom. The molecule has 0 N–H and O–H groups in total. The first-order valence-corrected chi connectivity index (χ1v) is 15.6. The van der Waals surface area contributed by atoms with Crippen LogP contribution in [0.5, 0.6) is 0 Å². The van der Waals surface area contributed by atoms with Crippen molar-refractivity contribution in [3.05, 3.63) is 48.5 Å². The van der Waals surface area contributed by atoms with Crippen LogP contribution in [0.2, 0.25) is 46.1 Å². The van der Waals surface area contributed by atoms with Crippen molar-refractivity contribution in [2.45, 2.75) is 46.1 Å². The summed E-state index contributed by atoms with van der Waals surface area (Å²) in [7, 11) is -0.839. The first-order chi connectivity index (χ1) is 11.1. The highest BCUT2D eigenvalue weighted by Crippen LogP contribution is 2.25. The molecular weight excluding hydrogens is 325 g/mol. The molecule has 0 spiro atoms. The molecule has 0 saturated heterocycles. The van der Waals surface area contributed by atoms with Gasteiger partial charge in [0.1, 0.15) is 0 Å². The SMILES string of the molecule is C[B]ON(c1ccc([Si](C)(C)C)cc1)c1ccc([Si](C)(C)C)cc1. The Morgan fingerprint density at radius 1 is 0.667 bits per heavy atom. The predicted molar refractivity (Wildman–Crippen MR) is 114 cm³/mol. The fraction of sp³-hybridized carbons (Fsp3) is 0.368. The Balaban J connectivity index is 2.32. The molecule has 2 aromatic rings. The minimum atomic E-state index is -1.28. The van der Waals surface area contributed by atoms with Gasteiger partial charge in [-0.25, -0.2) is 5.06 Å². The Labute approximate surface area is 150 Å². The first-order valence-electron chi connectivity index (χ1n) is 8.59. The lowest BCUT2D eigenvalue weighted by Gasteiger charge is -2.26. The summed E-state index contributed by atoms with van der Waals surface area (Å²) in [6.07, 6.45) is 0. The molecular formula is C19H29BNOSi2. The predicted octanol–water partition coefficient (Wildman–Crippen LogP) is 4.51. The minimum Gasteiger partial charge on any atom is -0.340 e. The molecule has 0 atom stereocenters. The average Bonchev–Trinajstić information content (AvgIpc) is 2.51. The van der Waals surface area contributed by atoms with Crippen LogP contribution in [-0.4, -0.2) is 23.6 Å². The van der Waals surface area contributed by atoms with Crippen molar-refractivity contribution in [2.75, 3.05) is 5.06 Å². The Bertz CT molecular complexity index is 600. The number of nitrogens with zero attached hydrogens (tertiary/aromatic N) is 1. The number of hydrogen-bond donors (Lipinski definition) is 0. The van der Waals surface area contributed by atoms with Crippen LogP contribution in [0.3, 0.4) is 0 Å². The molecule has 2 nitrogen and oxygen atoms in total. The van der Waals surface area contributed by atoms with E-state index in [1.807, 2.05) is 11.9 Å². The molecule has 0 aliphatic heterocycles. The van der Waals surface area contributed by atoms with E-state index in [2.05, 4.69) is 87.8 Å². The topological polar surface area (TPSA) is 12.5 Å². The van der Waals surface area contributed by atoms with Crippen molar-refractivity contribution < 1.29 is 4.76 Å². The summed E-state index contributed by atoms with van der Waals surface area (Å²) in [6.45, 7) is 16.1. The fourth-order valence-electron chi connectivity index (χ4n) is 2.57. The van der Waals surface area contributed by atoms with Gasteiger partial charge in [-0.3, -0.25) is 0 Å².